The second-order valence-electron chi connectivity index (χ2n) is 5.32. The van der Waals surface area contributed by atoms with Crippen LogP contribution in [0.4, 0.5) is 10.1 Å². The Morgan fingerprint density at radius 1 is 1.25 bits per heavy atom. The smallest absolute Gasteiger partial charge is 0.254 e. The van der Waals surface area contributed by atoms with Gasteiger partial charge in [-0.1, -0.05) is 23.7 Å². The van der Waals surface area contributed by atoms with Crippen LogP contribution >= 0.6 is 11.6 Å². The number of hydrogen-bond donors (Lipinski definition) is 0. The van der Waals surface area contributed by atoms with E-state index in [1.165, 1.54) is 6.07 Å². The molecule has 1 aliphatic rings. The number of rotatable bonds is 5. The number of methoxy groups -OCH3 is 1. The summed E-state index contributed by atoms with van der Waals surface area (Å²) in [7, 11) is 1.60. The first kappa shape index (κ1) is 16.8. The first-order chi connectivity index (χ1) is 11.7. The number of pyridine rings is 1. The lowest BCUT2D eigenvalue weighted by Gasteiger charge is -2.29. The molecule has 3 rings (SSSR count). The van der Waals surface area contributed by atoms with Crippen molar-refractivity contribution in [2.45, 2.75) is 6.61 Å². The van der Waals surface area contributed by atoms with Gasteiger partial charge in [0.2, 0.25) is 5.82 Å². The minimum absolute atomic E-state index is 0.0974. The third kappa shape index (κ3) is 3.88. The number of ether oxygens (including phenoxy) is 3. The van der Waals surface area contributed by atoms with Crippen molar-refractivity contribution in [3.8, 4) is 11.6 Å². The molecule has 24 heavy (non-hydrogen) atoms. The van der Waals surface area contributed by atoms with Gasteiger partial charge in [0.15, 0.2) is 0 Å². The van der Waals surface area contributed by atoms with Gasteiger partial charge in [0.1, 0.15) is 17.5 Å². The molecule has 0 bridgehead atoms. The van der Waals surface area contributed by atoms with Crippen molar-refractivity contribution in [2.75, 3.05) is 38.3 Å². The summed E-state index contributed by atoms with van der Waals surface area (Å²) in [5.74, 6) is 0.148. The molecule has 0 amide bonds. The van der Waals surface area contributed by atoms with E-state index in [-0.39, 0.29) is 17.6 Å². The van der Waals surface area contributed by atoms with Gasteiger partial charge in [0.05, 0.1) is 26.0 Å². The molecule has 1 saturated heterocycles. The average molecular weight is 353 g/mol. The Labute approximate surface area is 144 Å². The van der Waals surface area contributed by atoms with Gasteiger partial charge < -0.3 is 19.1 Å². The minimum atomic E-state index is -0.505. The molecule has 128 valence electrons. The summed E-state index contributed by atoms with van der Waals surface area (Å²) in [5, 5.41) is 0.197. The molecule has 0 aliphatic carbocycles. The Morgan fingerprint density at radius 2 is 1.96 bits per heavy atom. The van der Waals surface area contributed by atoms with E-state index in [0.29, 0.717) is 32.0 Å². The summed E-state index contributed by atoms with van der Waals surface area (Å²) in [4.78, 5) is 5.84. The van der Waals surface area contributed by atoms with Crippen LogP contribution in [-0.2, 0) is 11.3 Å². The Bertz CT molecular complexity index is 691. The van der Waals surface area contributed by atoms with E-state index < -0.39 is 5.82 Å². The van der Waals surface area contributed by atoms with E-state index in [0.717, 1.165) is 11.3 Å². The van der Waals surface area contributed by atoms with E-state index >= 15 is 0 Å². The van der Waals surface area contributed by atoms with Crippen molar-refractivity contribution in [3.63, 3.8) is 0 Å². The molecule has 2 aromatic rings. The number of nitrogens with zero attached hydrogens (tertiary/aromatic N) is 2. The summed E-state index contributed by atoms with van der Waals surface area (Å²) in [5.41, 5.74) is 1.27. The maximum absolute atomic E-state index is 14.7. The van der Waals surface area contributed by atoms with Crippen molar-refractivity contribution in [3.05, 3.63) is 46.9 Å². The van der Waals surface area contributed by atoms with Crippen molar-refractivity contribution < 1.29 is 18.6 Å². The van der Waals surface area contributed by atoms with Crippen LogP contribution in [0, 0.1) is 5.82 Å². The zero-order valence-corrected chi connectivity index (χ0v) is 14.1. The Hall–Kier alpha value is -2.05. The van der Waals surface area contributed by atoms with Crippen molar-refractivity contribution in [1.82, 2.24) is 4.98 Å². The molecule has 1 fully saturated rings. The van der Waals surface area contributed by atoms with Crippen LogP contribution in [0.25, 0.3) is 0 Å². The Kier molecular flexibility index (Phi) is 5.37. The summed E-state index contributed by atoms with van der Waals surface area (Å²) in [6.45, 7) is 2.52. The lowest BCUT2D eigenvalue weighted by molar-refractivity contribution is 0.122. The molecule has 0 atom stereocenters. The highest BCUT2D eigenvalue weighted by Crippen LogP contribution is 2.30. The zero-order chi connectivity index (χ0) is 16.9. The lowest BCUT2D eigenvalue weighted by atomic mass is 10.2. The zero-order valence-electron chi connectivity index (χ0n) is 13.3. The summed E-state index contributed by atoms with van der Waals surface area (Å²) < 4.78 is 30.6. The topological polar surface area (TPSA) is 43.8 Å². The fourth-order valence-corrected chi connectivity index (χ4v) is 2.65. The molecule has 1 aromatic heterocycles. The van der Waals surface area contributed by atoms with Gasteiger partial charge >= 0.3 is 0 Å². The molecular weight excluding hydrogens is 335 g/mol. The highest BCUT2D eigenvalue weighted by Gasteiger charge is 2.20. The van der Waals surface area contributed by atoms with Gasteiger partial charge in [0, 0.05) is 19.2 Å². The number of aromatic nitrogens is 1. The second-order valence-corrected chi connectivity index (χ2v) is 5.71. The molecule has 1 aromatic carbocycles. The molecule has 0 unspecified atom stereocenters. The highest BCUT2D eigenvalue weighted by atomic mass is 35.5. The second kappa shape index (κ2) is 7.68. The standard InChI is InChI=1S/C17H18ClFN2O3/c1-22-13-4-2-12(3-5-13)11-24-17-16(19)14(10-15(18)20-17)21-6-8-23-9-7-21/h2-5,10H,6-9,11H2,1H3. The molecule has 1 aliphatic heterocycles. The van der Waals surface area contributed by atoms with Crippen molar-refractivity contribution in [2.24, 2.45) is 0 Å². The Morgan fingerprint density at radius 3 is 2.62 bits per heavy atom. The molecule has 0 N–H and O–H groups in total. The summed E-state index contributed by atoms with van der Waals surface area (Å²) in [6, 6.07) is 8.86. The molecule has 7 heteroatoms. The monoisotopic (exact) mass is 352 g/mol. The fraction of sp³-hybridized carbons (Fsp3) is 0.353. The molecule has 2 heterocycles. The number of morpholine rings is 1. The van der Waals surface area contributed by atoms with Gasteiger partial charge in [-0.05, 0) is 17.7 Å². The summed E-state index contributed by atoms with van der Waals surface area (Å²) in [6.07, 6.45) is 0. The number of hydrogen-bond acceptors (Lipinski definition) is 5. The lowest BCUT2D eigenvalue weighted by Crippen LogP contribution is -2.36. The van der Waals surface area contributed by atoms with Crippen LogP contribution in [0.3, 0.4) is 0 Å². The van der Waals surface area contributed by atoms with Gasteiger partial charge in [-0.15, -0.1) is 0 Å². The summed E-state index contributed by atoms with van der Waals surface area (Å²) >= 11 is 6.03. The van der Waals surface area contributed by atoms with Gasteiger partial charge in [-0.3, -0.25) is 0 Å². The number of benzene rings is 1. The van der Waals surface area contributed by atoms with Crippen LogP contribution in [0.5, 0.6) is 11.6 Å². The predicted molar refractivity (Wildman–Crippen MR) is 89.6 cm³/mol. The highest BCUT2D eigenvalue weighted by molar-refractivity contribution is 6.29. The SMILES string of the molecule is COc1ccc(COc2nc(Cl)cc(N3CCOCC3)c2F)cc1. The fourth-order valence-electron chi connectivity index (χ4n) is 2.47. The average Bonchev–Trinajstić information content (AvgIpc) is 2.63. The Balaban J connectivity index is 1.75. The van der Waals surface area contributed by atoms with E-state index in [2.05, 4.69) is 4.98 Å². The minimum Gasteiger partial charge on any atom is -0.497 e. The van der Waals surface area contributed by atoms with Crippen LogP contribution in [0.1, 0.15) is 5.56 Å². The van der Waals surface area contributed by atoms with Gasteiger partial charge in [0.25, 0.3) is 5.88 Å². The largest absolute Gasteiger partial charge is 0.497 e. The van der Waals surface area contributed by atoms with Crippen molar-refractivity contribution >= 4 is 17.3 Å². The van der Waals surface area contributed by atoms with Crippen LogP contribution in [-0.4, -0.2) is 38.4 Å². The van der Waals surface area contributed by atoms with Crippen LogP contribution in [0.2, 0.25) is 5.15 Å². The van der Waals surface area contributed by atoms with E-state index in [9.17, 15) is 4.39 Å². The van der Waals surface area contributed by atoms with Crippen LogP contribution in [0.15, 0.2) is 30.3 Å². The molecule has 5 nitrogen and oxygen atoms in total. The normalized spacial score (nSPS) is 14.5. The third-order valence-corrected chi connectivity index (χ3v) is 3.96. The van der Waals surface area contributed by atoms with E-state index in [1.54, 1.807) is 7.11 Å². The van der Waals surface area contributed by atoms with Crippen molar-refractivity contribution in [1.29, 1.82) is 0 Å². The molecule has 0 saturated carbocycles. The number of halogens is 2. The molecule has 0 radical (unpaired) electrons. The van der Waals surface area contributed by atoms with Crippen LogP contribution < -0.4 is 14.4 Å². The first-order valence-electron chi connectivity index (χ1n) is 7.62. The van der Waals surface area contributed by atoms with E-state index in [4.69, 9.17) is 25.8 Å². The van der Waals surface area contributed by atoms with Gasteiger partial charge in [-0.2, -0.15) is 9.37 Å². The maximum atomic E-state index is 14.7. The van der Waals surface area contributed by atoms with E-state index in [1.807, 2.05) is 29.2 Å². The predicted octanol–water partition coefficient (Wildman–Crippen LogP) is 3.30. The molecular formula is C17H18ClFN2O3. The van der Waals surface area contributed by atoms with Gasteiger partial charge in [-0.25, -0.2) is 0 Å². The first-order valence-corrected chi connectivity index (χ1v) is 7.99. The quantitative estimate of drug-likeness (QED) is 0.772. The molecule has 0 spiro atoms. The maximum Gasteiger partial charge on any atom is 0.254 e. The third-order valence-electron chi connectivity index (χ3n) is 3.76. The number of anilines is 1.